The van der Waals surface area contributed by atoms with Crippen LogP contribution in [0.1, 0.15) is 90.4 Å². The van der Waals surface area contributed by atoms with E-state index >= 15 is 0 Å². The topological polar surface area (TPSA) is 219 Å². The second-order valence-corrected chi connectivity index (χ2v) is 12.4. The number of hydroxylamine groups is 4. The SMILES string of the molecule is CC(=O)N(O)CCCCCNC(=O)CC(CCCCCNC(=O)CCC(=O)N(O)CCCCCNC(=S)Nc1ccc(N=C=S)cc1)C(N)=O. The van der Waals surface area contributed by atoms with Gasteiger partial charge in [0, 0.05) is 70.5 Å². The second-order valence-electron chi connectivity index (χ2n) is 11.8. The molecule has 1 aromatic rings. The van der Waals surface area contributed by atoms with Crippen LogP contribution in [0.25, 0.3) is 0 Å². The van der Waals surface area contributed by atoms with E-state index in [1.54, 1.807) is 12.1 Å². The minimum Gasteiger partial charge on any atom is -0.369 e. The summed E-state index contributed by atoms with van der Waals surface area (Å²) in [4.78, 5) is 63.2. The first-order valence-electron chi connectivity index (χ1n) is 16.9. The first kappa shape index (κ1) is 44.0. The number of unbranched alkanes of at least 4 members (excludes halogenated alkanes) is 6. The van der Waals surface area contributed by atoms with Gasteiger partial charge in [-0.1, -0.05) is 12.8 Å². The number of carbonyl (C=O) groups excluding carboxylic acids is 5. The van der Waals surface area contributed by atoms with E-state index in [0.29, 0.717) is 85.5 Å². The average Bonchev–Trinajstić information content (AvgIpc) is 3.08. The first-order valence-corrected chi connectivity index (χ1v) is 17.8. The number of hydrogen-bond donors (Lipinski definition) is 7. The van der Waals surface area contributed by atoms with Crippen molar-refractivity contribution in [2.24, 2.45) is 16.6 Å². The lowest BCUT2D eigenvalue weighted by Gasteiger charge is -2.15. The highest BCUT2D eigenvalue weighted by molar-refractivity contribution is 7.80. The standard InChI is InChI=1S/C33H52N8O7S2/c1-25(42)40(47)21-9-3-7-19-36-30(44)23-26(32(34)46)11-5-2-6-18-35-29(43)16-17-31(45)41(48)22-10-4-8-20-37-33(50)39-28-14-12-27(13-15-28)38-24-49/h12-15,26,47-48H,2-11,16-23H2,1H3,(H2,34,46)(H,35,43)(H,36,44)(H2,37,39,50). The van der Waals surface area contributed by atoms with E-state index in [1.807, 2.05) is 12.1 Å². The summed E-state index contributed by atoms with van der Waals surface area (Å²) in [5.41, 5.74) is 7.00. The molecule has 0 saturated heterocycles. The van der Waals surface area contributed by atoms with E-state index in [2.05, 4.69) is 43.6 Å². The third kappa shape index (κ3) is 21.8. The fourth-order valence-electron chi connectivity index (χ4n) is 4.68. The summed E-state index contributed by atoms with van der Waals surface area (Å²) in [5, 5.41) is 35.2. The van der Waals surface area contributed by atoms with Gasteiger partial charge in [-0.2, -0.15) is 4.99 Å². The lowest BCUT2D eigenvalue weighted by Crippen LogP contribution is -2.32. The highest BCUT2D eigenvalue weighted by atomic mass is 32.1. The van der Waals surface area contributed by atoms with Crippen molar-refractivity contribution in [2.45, 2.75) is 90.4 Å². The molecule has 5 amide bonds. The lowest BCUT2D eigenvalue weighted by atomic mass is 9.96. The van der Waals surface area contributed by atoms with E-state index in [-0.39, 0.29) is 44.2 Å². The molecule has 278 valence electrons. The monoisotopic (exact) mass is 736 g/mol. The normalized spacial score (nSPS) is 11.0. The minimum atomic E-state index is -0.583. The number of nitrogens with zero attached hydrogens (tertiary/aromatic N) is 3. The van der Waals surface area contributed by atoms with Crippen molar-refractivity contribution in [3.63, 3.8) is 0 Å². The largest absolute Gasteiger partial charge is 0.369 e. The van der Waals surface area contributed by atoms with Gasteiger partial charge in [-0.05, 0) is 100 Å². The maximum atomic E-state index is 12.2. The zero-order valence-corrected chi connectivity index (χ0v) is 30.4. The molecule has 0 aromatic heterocycles. The highest BCUT2D eigenvalue weighted by Crippen LogP contribution is 2.16. The maximum Gasteiger partial charge on any atom is 0.246 e. The van der Waals surface area contributed by atoms with Gasteiger partial charge in [0.05, 0.1) is 10.8 Å². The Bertz CT molecular complexity index is 1280. The van der Waals surface area contributed by atoms with E-state index < -0.39 is 23.6 Å². The van der Waals surface area contributed by atoms with E-state index in [4.69, 9.17) is 18.0 Å². The van der Waals surface area contributed by atoms with Crippen LogP contribution >= 0.6 is 24.4 Å². The Hall–Kier alpha value is -4.02. The molecule has 1 rings (SSSR count). The predicted molar refractivity (Wildman–Crippen MR) is 197 cm³/mol. The van der Waals surface area contributed by atoms with E-state index in [1.165, 1.54) is 6.92 Å². The number of nitrogens with one attached hydrogen (secondary N) is 4. The summed E-state index contributed by atoms with van der Waals surface area (Å²) in [6, 6.07) is 7.24. The molecule has 1 atom stereocenters. The molecule has 50 heavy (non-hydrogen) atoms. The maximum absolute atomic E-state index is 12.2. The van der Waals surface area contributed by atoms with Crippen molar-refractivity contribution < 1.29 is 34.4 Å². The molecular weight excluding hydrogens is 685 g/mol. The average molecular weight is 737 g/mol. The molecule has 15 nitrogen and oxygen atoms in total. The number of thiocarbonyl (C=S) groups is 2. The number of primary amides is 1. The zero-order chi connectivity index (χ0) is 37.1. The quantitative estimate of drug-likeness (QED) is 0.0240. The molecule has 0 heterocycles. The summed E-state index contributed by atoms with van der Waals surface area (Å²) in [5.74, 6) is -2.61. The molecule has 0 aliphatic heterocycles. The van der Waals surface area contributed by atoms with Crippen molar-refractivity contribution >= 4 is 75.6 Å². The van der Waals surface area contributed by atoms with Gasteiger partial charge in [-0.25, -0.2) is 10.1 Å². The van der Waals surface area contributed by atoms with Crippen molar-refractivity contribution in [3.8, 4) is 0 Å². The second kappa shape index (κ2) is 26.8. The van der Waals surface area contributed by atoms with Gasteiger partial charge < -0.3 is 27.0 Å². The van der Waals surface area contributed by atoms with Gasteiger partial charge in [0.1, 0.15) is 0 Å². The van der Waals surface area contributed by atoms with Crippen LogP contribution in [0.3, 0.4) is 0 Å². The fraction of sp³-hybridized carbons (Fsp3) is 0.606. The summed E-state index contributed by atoms with van der Waals surface area (Å²) in [6.07, 6.45) is 6.48. The molecule has 0 spiro atoms. The van der Waals surface area contributed by atoms with Crippen molar-refractivity contribution in [1.29, 1.82) is 0 Å². The Morgan fingerprint density at radius 2 is 1.36 bits per heavy atom. The van der Waals surface area contributed by atoms with Crippen LogP contribution < -0.4 is 27.0 Å². The van der Waals surface area contributed by atoms with Crippen molar-refractivity contribution in [2.75, 3.05) is 38.0 Å². The Morgan fingerprint density at radius 3 is 1.94 bits per heavy atom. The molecule has 0 aliphatic carbocycles. The molecular formula is C33H52N8O7S2. The summed E-state index contributed by atoms with van der Waals surface area (Å²) in [7, 11) is 0. The molecule has 0 fully saturated rings. The van der Waals surface area contributed by atoms with Crippen LogP contribution in [0.5, 0.6) is 0 Å². The Balaban J connectivity index is 2.08. The van der Waals surface area contributed by atoms with Crippen LogP contribution in [0, 0.1) is 5.92 Å². The fourth-order valence-corrected chi connectivity index (χ4v) is 5.01. The zero-order valence-electron chi connectivity index (χ0n) is 28.8. The molecule has 0 bridgehead atoms. The number of nitrogens with two attached hydrogens (primary N) is 1. The molecule has 17 heteroatoms. The molecule has 0 saturated carbocycles. The van der Waals surface area contributed by atoms with Gasteiger partial charge in [-0.15, -0.1) is 0 Å². The molecule has 8 N–H and O–H groups in total. The Kier molecular flexibility index (Phi) is 23.6. The van der Waals surface area contributed by atoms with Crippen LogP contribution in [0.4, 0.5) is 11.4 Å². The van der Waals surface area contributed by atoms with Gasteiger partial charge in [0.15, 0.2) is 5.11 Å². The highest BCUT2D eigenvalue weighted by Gasteiger charge is 2.19. The van der Waals surface area contributed by atoms with Crippen LogP contribution in [0.15, 0.2) is 29.3 Å². The van der Waals surface area contributed by atoms with E-state index in [9.17, 15) is 34.4 Å². The smallest absolute Gasteiger partial charge is 0.246 e. The number of hydrogen-bond acceptors (Lipinski definition) is 10. The number of carbonyl (C=O) groups is 5. The molecule has 0 radical (unpaired) electrons. The predicted octanol–water partition coefficient (Wildman–Crippen LogP) is 3.57. The molecule has 1 aromatic carbocycles. The lowest BCUT2D eigenvalue weighted by molar-refractivity contribution is -0.166. The van der Waals surface area contributed by atoms with Crippen LogP contribution in [-0.4, -0.2) is 93.1 Å². The van der Waals surface area contributed by atoms with E-state index in [0.717, 1.165) is 24.9 Å². The van der Waals surface area contributed by atoms with Gasteiger partial charge in [-0.3, -0.25) is 34.4 Å². The van der Waals surface area contributed by atoms with Crippen LogP contribution in [0.2, 0.25) is 0 Å². The Morgan fingerprint density at radius 1 is 0.800 bits per heavy atom. The number of rotatable bonds is 26. The van der Waals surface area contributed by atoms with Gasteiger partial charge in [0.25, 0.3) is 0 Å². The summed E-state index contributed by atoms with van der Waals surface area (Å²) < 4.78 is 0. The van der Waals surface area contributed by atoms with Crippen LogP contribution in [-0.2, 0) is 24.0 Å². The first-order chi connectivity index (χ1) is 23.9. The number of amides is 5. The summed E-state index contributed by atoms with van der Waals surface area (Å²) in [6.45, 7) is 3.14. The molecule has 0 aliphatic rings. The number of benzene rings is 1. The van der Waals surface area contributed by atoms with Gasteiger partial charge >= 0.3 is 0 Å². The number of isothiocyanates is 1. The summed E-state index contributed by atoms with van der Waals surface area (Å²) >= 11 is 9.87. The third-order valence-corrected chi connectivity index (χ3v) is 7.94. The van der Waals surface area contributed by atoms with Gasteiger partial charge in [0.2, 0.25) is 29.5 Å². The molecule has 1 unspecified atom stereocenters. The Labute approximate surface area is 304 Å². The third-order valence-electron chi connectivity index (χ3n) is 7.60. The van der Waals surface area contributed by atoms with Crippen molar-refractivity contribution in [3.05, 3.63) is 24.3 Å². The minimum absolute atomic E-state index is 0.00357. The number of anilines is 1. The number of aliphatic imine (C=N–C) groups is 1. The van der Waals surface area contributed by atoms with Crippen molar-refractivity contribution in [1.82, 2.24) is 26.1 Å².